The van der Waals surface area contributed by atoms with Gasteiger partial charge in [0.2, 0.25) is 0 Å². The van der Waals surface area contributed by atoms with Crippen LogP contribution in [0.5, 0.6) is 5.75 Å². The lowest BCUT2D eigenvalue weighted by Crippen LogP contribution is -2.46. The molecule has 3 heterocycles. The number of amidine groups is 2. The highest BCUT2D eigenvalue weighted by Gasteiger charge is 2.41. The van der Waals surface area contributed by atoms with Crippen LogP contribution in [0.3, 0.4) is 0 Å². The number of fused-ring (bicyclic) bond motifs is 4. The van der Waals surface area contributed by atoms with Crippen LogP contribution in [0.15, 0.2) is 113 Å². The molecule has 1 aromatic heterocycles. The first-order valence-corrected chi connectivity index (χ1v) is 15.4. The van der Waals surface area contributed by atoms with Crippen molar-refractivity contribution in [1.29, 1.82) is 0 Å². The molecule has 0 aliphatic carbocycles. The van der Waals surface area contributed by atoms with Crippen LogP contribution < -0.4 is 15.0 Å². The lowest BCUT2D eigenvalue weighted by molar-refractivity contribution is 0.340. The van der Waals surface area contributed by atoms with E-state index in [9.17, 15) is 0 Å². The fraction of sp³-hybridized carbons (Fsp3) is 0.216. The Morgan fingerprint density at radius 1 is 0.818 bits per heavy atom. The van der Waals surface area contributed by atoms with Crippen LogP contribution in [-0.2, 0) is 6.42 Å². The Balaban J connectivity index is 1.40. The number of nitrogens with one attached hydrogen (secondary N) is 1. The quantitative estimate of drug-likeness (QED) is 0.199. The second-order valence-corrected chi connectivity index (χ2v) is 11.2. The third kappa shape index (κ3) is 5.04. The minimum Gasteiger partial charge on any atom is -0.494 e. The summed E-state index contributed by atoms with van der Waals surface area (Å²) in [5.74, 6) is 3.11. The molecule has 44 heavy (non-hydrogen) atoms. The molecule has 0 saturated carbocycles. The van der Waals surface area contributed by atoms with E-state index in [0.717, 1.165) is 63.4 Å². The molecule has 0 radical (unpaired) electrons. The van der Waals surface area contributed by atoms with Gasteiger partial charge in [-0.25, -0.2) is 14.7 Å². The number of hydrogen-bond acceptors (Lipinski definition) is 6. The predicted octanol–water partition coefficient (Wildman–Crippen LogP) is 8.72. The number of para-hydroxylation sites is 3. The van der Waals surface area contributed by atoms with Crippen molar-refractivity contribution in [2.24, 2.45) is 9.98 Å². The smallest absolute Gasteiger partial charge is 0.179 e. The van der Waals surface area contributed by atoms with E-state index in [-0.39, 0.29) is 6.04 Å². The van der Waals surface area contributed by atoms with Crippen LogP contribution in [0, 0.1) is 6.92 Å². The number of hydrogen-bond donors (Lipinski definition) is 1. The minimum atomic E-state index is -0.185. The normalized spacial score (nSPS) is 15.1. The highest BCUT2D eigenvalue weighted by Crippen LogP contribution is 2.48. The van der Waals surface area contributed by atoms with Gasteiger partial charge in [-0.3, -0.25) is 0 Å². The fourth-order valence-electron chi connectivity index (χ4n) is 6.05. The summed E-state index contributed by atoms with van der Waals surface area (Å²) in [5.41, 5.74) is 8.29. The number of unbranched alkanes of at least 4 members (excludes halogenated alkanes) is 1. The van der Waals surface area contributed by atoms with Gasteiger partial charge in [-0.05, 0) is 86.3 Å². The first kappa shape index (κ1) is 27.7. The number of aromatic nitrogens is 2. The lowest BCUT2D eigenvalue weighted by Gasteiger charge is -2.40. The molecular formula is C37H36N6O. The standard InChI is InChI=1S/C37H36N6O/c1-4-6-12-26-17-21-28(22-18-26)38-35-37-40-36-33(25(3)41-43(36)29-13-8-7-9-14-29)34(27-19-23-30(24-20-27)44-5-2)42(37)32-16-11-10-15-31(32)39-35/h7-11,13-24,34H,4-6,12H2,1-3H3,(H,38,39). The second kappa shape index (κ2) is 11.8. The maximum absolute atomic E-state index is 5.80. The van der Waals surface area contributed by atoms with Crippen LogP contribution in [-0.4, -0.2) is 28.1 Å². The Morgan fingerprint density at radius 3 is 2.32 bits per heavy atom. The van der Waals surface area contributed by atoms with Crippen LogP contribution in [0.25, 0.3) is 5.69 Å². The van der Waals surface area contributed by atoms with Crippen molar-refractivity contribution in [3.63, 3.8) is 0 Å². The van der Waals surface area contributed by atoms with Gasteiger partial charge in [0.15, 0.2) is 17.5 Å². The Bertz CT molecular complexity index is 1840. The van der Waals surface area contributed by atoms with E-state index >= 15 is 0 Å². The first-order chi connectivity index (χ1) is 21.6. The SMILES string of the molecule is CCCCc1ccc(NC2=Nc3ccccc3N3C2=Nc2c(c(C)nn2-c2ccccc2)C3c2ccc(OCC)cc2)cc1. The molecule has 1 unspecified atom stereocenters. The van der Waals surface area contributed by atoms with Crippen molar-refractivity contribution in [2.45, 2.75) is 46.1 Å². The number of rotatable bonds is 8. The Labute approximate surface area is 258 Å². The van der Waals surface area contributed by atoms with Crippen molar-refractivity contribution in [2.75, 3.05) is 16.8 Å². The Kier molecular flexibility index (Phi) is 7.44. The molecule has 2 aliphatic heterocycles. The van der Waals surface area contributed by atoms with Gasteiger partial charge >= 0.3 is 0 Å². The van der Waals surface area contributed by atoms with Crippen LogP contribution in [0.1, 0.15) is 55.1 Å². The molecule has 4 aromatic carbocycles. The van der Waals surface area contributed by atoms with E-state index in [0.29, 0.717) is 12.4 Å². The van der Waals surface area contributed by atoms with Crippen LogP contribution in [0.2, 0.25) is 0 Å². The topological polar surface area (TPSA) is 67.0 Å². The van der Waals surface area contributed by atoms with Gasteiger partial charge in [-0.15, -0.1) is 0 Å². The number of ether oxygens (including phenoxy) is 1. The molecule has 220 valence electrons. The fourth-order valence-corrected chi connectivity index (χ4v) is 6.05. The highest BCUT2D eigenvalue weighted by atomic mass is 16.5. The van der Waals surface area contributed by atoms with E-state index in [1.807, 2.05) is 48.0 Å². The third-order valence-electron chi connectivity index (χ3n) is 8.18. The molecule has 7 rings (SSSR count). The molecule has 7 nitrogen and oxygen atoms in total. The van der Waals surface area contributed by atoms with Gasteiger partial charge in [0.1, 0.15) is 5.75 Å². The summed E-state index contributed by atoms with van der Waals surface area (Å²) in [6.07, 6.45) is 3.45. The van der Waals surface area contributed by atoms with Crippen molar-refractivity contribution in [1.82, 2.24) is 9.78 Å². The number of anilines is 2. The monoisotopic (exact) mass is 580 g/mol. The molecule has 0 bridgehead atoms. The molecule has 7 heteroatoms. The molecular weight excluding hydrogens is 544 g/mol. The van der Waals surface area contributed by atoms with Gasteiger partial charge in [-0.1, -0.05) is 67.9 Å². The minimum absolute atomic E-state index is 0.185. The zero-order chi connectivity index (χ0) is 30.0. The van der Waals surface area contributed by atoms with Gasteiger partial charge < -0.3 is 15.0 Å². The zero-order valence-corrected chi connectivity index (χ0v) is 25.4. The molecule has 2 aliphatic rings. The number of nitrogens with zero attached hydrogens (tertiary/aromatic N) is 5. The van der Waals surface area contributed by atoms with Crippen molar-refractivity contribution < 1.29 is 4.74 Å². The summed E-state index contributed by atoms with van der Waals surface area (Å²) in [5, 5.41) is 8.67. The number of aryl methyl sites for hydroxylation is 2. The predicted molar refractivity (Wildman–Crippen MR) is 180 cm³/mol. The molecule has 1 N–H and O–H groups in total. The summed E-state index contributed by atoms with van der Waals surface area (Å²) >= 11 is 0. The van der Waals surface area contributed by atoms with Gasteiger partial charge in [-0.2, -0.15) is 5.10 Å². The summed E-state index contributed by atoms with van der Waals surface area (Å²) in [4.78, 5) is 12.8. The number of benzene rings is 4. The van der Waals surface area contributed by atoms with E-state index < -0.39 is 0 Å². The maximum atomic E-state index is 5.80. The molecule has 0 spiro atoms. The Hall–Kier alpha value is -5.17. The van der Waals surface area contributed by atoms with Gasteiger partial charge in [0, 0.05) is 11.3 Å². The van der Waals surface area contributed by atoms with E-state index in [4.69, 9.17) is 19.8 Å². The van der Waals surface area contributed by atoms with Gasteiger partial charge in [0.05, 0.1) is 35.4 Å². The summed E-state index contributed by atoms with van der Waals surface area (Å²) in [6, 6.07) is 35.4. The van der Waals surface area contributed by atoms with Crippen molar-refractivity contribution in [3.05, 3.63) is 126 Å². The molecule has 0 amide bonds. The molecule has 5 aromatic rings. The largest absolute Gasteiger partial charge is 0.494 e. The summed E-state index contributed by atoms with van der Waals surface area (Å²) in [6.45, 7) is 6.92. The van der Waals surface area contributed by atoms with E-state index in [2.05, 4.69) is 90.8 Å². The van der Waals surface area contributed by atoms with Crippen molar-refractivity contribution in [3.8, 4) is 11.4 Å². The van der Waals surface area contributed by atoms with E-state index in [1.165, 1.54) is 18.4 Å². The average Bonchev–Trinajstić information content (AvgIpc) is 3.40. The van der Waals surface area contributed by atoms with Gasteiger partial charge in [0.25, 0.3) is 0 Å². The van der Waals surface area contributed by atoms with Crippen LogP contribution in [0.4, 0.5) is 22.9 Å². The summed E-state index contributed by atoms with van der Waals surface area (Å²) in [7, 11) is 0. The molecule has 1 atom stereocenters. The zero-order valence-electron chi connectivity index (χ0n) is 25.4. The average molecular weight is 581 g/mol. The first-order valence-electron chi connectivity index (χ1n) is 15.4. The summed E-state index contributed by atoms with van der Waals surface area (Å²) < 4.78 is 7.75. The second-order valence-electron chi connectivity index (χ2n) is 11.2. The third-order valence-corrected chi connectivity index (χ3v) is 8.18. The lowest BCUT2D eigenvalue weighted by atomic mass is 9.93. The van der Waals surface area contributed by atoms with E-state index in [1.54, 1.807) is 0 Å². The number of aliphatic imine (C=N–C) groups is 2. The van der Waals surface area contributed by atoms with Crippen LogP contribution >= 0.6 is 0 Å². The van der Waals surface area contributed by atoms with Crippen molar-refractivity contribution >= 4 is 34.6 Å². The Morgan fingerprint density at radius 2 is 1.57 bits per heavy atom. The molecule has 0 saturated heterocycles. The maximum Gasteiger partial charge on any atom is 0.179 e. The molecule has 0 fully saturated rings. The highest BCUT2D eigenvalue weighted by molar-refractivity contribution is 6.51.